The van der Waals surface area contributed by atoms with Crippen LogP contribution in [0.2, 0.25) is 10.0 Å². The summed E-state index contributed by atoms with van der Waals surface area (Å²) in [6.45, 7) is 0.977. The predicted molar refractivity (Wildman–Crippen MR) is 141 cm³/mol. The van der Waals surface area contributed by atoms with Crippen LogP contribution in [0.1, 0.15) is 16.7 Å². The first-order valence-corrected chi connectivity index (χ1v) is 12.2. The molecular weight excluding hydrogens is 701 g/mol. The summed E-state index contributed by atoms with van der Waals surface area (Å²) in [5.41, 5.74) is 5.92. The summed E-state index contributed by atoms with van der Waals surface area (Å²) in [6, 6.07) is 17.6. The molecule has 150 valence electrons. The average molecular weight is 716 g/mol. The first-order chi connectivity index (χ1) is 13.9. The van der Waals surface area contributed by atoms with E-state index in [9.17, 15) is 0 Å². The van der Waals surface area contributed by atoms with Gasteiger partial charge >= 0.3 is 0 Å². The lowest BCUT2D eigenvalue weighted by molar-refractivity contribution is 0.301. The van der Waals surface area contributed by atoms with Crippen molar-refractivity contribution in [1.29, 1.82) is 0 Å². The van der Waals surface area contributed by atoms with Crippen LogP contribution in [0.5, 0.6) is 5.75 Å². The second kappa shape index (κ2) is 11.2. The maximum Gasteiger partial charge on any atom is 0.146 e. The molecule has 0 aliphatic heterocycles. The highest BCUT2D eigenvalue weighted by molar-refractivity contribution is 14.1. The number of hydrazone groups is 1. The Hall–Kier alpha value is -0.550. The lowest BCUT2D eigenvalue weighted by atomic mass is 10.2. The van der Waals surface area contributed by atoms with Crippen molar-refractivity contribution >= 4 is 90.5 Å². The molecule has 0 aliphatic rings. The monoisotopic (exact) mass is 714 g/mol. The van der Waals surface area contributed by atoms with Gasteiger partial charge in [0.15, 0.2) is 0 Å². The van der Waals surface area contributed by atoms with Gasteiger partial charge < -0.3 is 10.2 Å². The van der Waals surface area contributed by atoms with Crippen LogP contribution in [0.15, 0.2) is 64.2 Å². The van der Waals surface area contributed by atoms with Gasteiger partial charge in [0.05, 0.1) is 19.9 Å². The summed E-state index contributed by atoms with van der Waals surface area (Å²) >= 11 is 20.4. The third-order valence-electron chi connectivity index (χ3n) is 3.94. The molecule has 0 aliphatic carbocycles. The number of hydrogen-bond donors (Lipinski definition) is 1. The van der Waals surface area contributed by atoms with E-state index >= 15 is 0 Å². The molecule has 1 N–H and O–H groups in total. The highest BCUT2D eigenvalue weighted by Gasteiger charge is 2.09. The molecule has 0 spiro atoms. The fraction of sp³-hybridized carbons (Fsp3) is 0.0952. The lowest BCUT2D eigenvalue weighted by Crippen LogP contribution is -2.07. The summed E-state index contributed by atoms with van der Waals surface area (Å²) in [4.78, 5) is 0. The van der Waals surface area contributed by atoms with E-state index in [0.717, 1.165) is 34.1 Å². The van der Waals surface area contributed by atoms with Crippen molar-refractivity contribution in [2.24, 2.45) is 5.10 Å². The topological polar surface area (TPSA) is 33.6 Å². The fourth-order valence-corrected chi connectivity index (χ4v) is 5.40. The minimum atomic E-state index is 0.456. The quantitative estimate of drug-likeness (QED) is 0.155. The van der Waals surface area contributed by atoms with Crippen molar-refractivity contribution < 1.29 is 4.74 Å². The maximum absolute atomic E-state index is 6.17. The minimum Gasteiger partial charge on any atom is -0.487 e. The molecule has 29 heavy (non-hydrogen) atoms. The Morgan fingerprint density at radius 1 is 1.00 bits per heavy atom. The van der Waals surface area contributed by atoms with Crippen LogP contribution in [0.3, 0.4) is 0 Å². The fourth-order valence-electron chi connectivity index (χ4n) is 2.47. The molecule has 0 saturated carbocycles. The van der Waals surface area contributed by atoms with Gasteiger partial charge in [0.1, 0.15) is 12.4 Å². The van der Waals surface area contributed by atoms with Crippen LogP contribution < -0.4 is 10.2 Å². The van der Waals surface area contributed by atoms with E-state index in [2.05, 4.69) is 71.6 Å². The second-order valence-electron chi connectivity index (χ2n) is 6.02. The van der Waals surface area contributed by atoms with Crippen LogP contribution in [-0.2, 0) is 13.2 Å². The standard InChI is InChI=1S/C21H15BrCl2I2N2O/c22-15-6-4-13(5-7-15)12-29-21-19(25)8-14(9-20(21)26)10-27-28-11-16-17(23)2-1-3-18(16)24/h1-10,28H,11-12H2/b27-10+. The normalized spacial score (nSPS) is 11.1. The van der Waals surface area contributed by atoms with Crippen LogP contribution >= 0.6 is 84.3 Å². The highest BCUT2D eigenvalue weighted by Crippen LogP contribution is 2.29. The van der Waals surface area contributed by atoms with Crippen molar-refractivity contribution in [2.75, 3.05) is 0 Å². The number of nitrogens with one attached hydrogen (secondary N) is 1. The number of rotatable bonds is 7. The number of benzene rings is 3. The number of nitrogens with zero attached hydrogens (tertiary/aromatic N) is 1. The summed E-state index contributed by atoms with van der Waals surface area (Å²) in [6.07, 6.45) is 1.77. The summed E-state index contributed by atoms with van der Waals surface area (Å²) in [7, 11) is 0. The van der Waals surface area contributed by atoms with Crippen molar-refractivity contribution in [3.63, 3.8) is 0 Å². The van der Waals surface area contributed by atoms with Gasteiger partial charge in [-0.15, -0.1) is 0 Å². The average Bonchev–Trinajstić information content (AvgIpc) is 2.68. The Morgan fingerprint density at radius 2 is 1.62 bits per heavy atom. The van der Waals surface area contributed by atoms with Gasteiger partial charge in [-0.1, -0.05) is 57.3 Å². The molecule has 0 heterocycles. The smallest absolute Gasteiger partial charge is 0.146 e. The zero-order chi connectivity index (χ0) is 20.8. The van der Waals surface area contributed by atoms with Gasteiger partial charge in [-0.25, -0.2) is 0 Å². The molecule has 0 fully saturated rings. The molecule has 3 nitrogen and oxygen atoms in total. The molecule has 3 rings (SSSR count). The van der Waals surface area contributed by atoms with Crippen molar-refractivity contribution in [3.8, 4) is 5.75 Å². The molecular formula is C21H15BrCl2I2N2O. The van der Waals surface area contributed by atoms with Crippen molar-refractivity contribution in [3.05, 3.63) is 92.9 Å². The highest BCUT2D eigenvalue weighted by atomic mass is 127. The third kappa shape index (κ3) is 6.72. The SMILES string of the molecule is Clc1cccc(Cl)c1CN/N=C/c1cc(I)c(OCc2ccc(Br)cc2)c(I)c1. The Labute approximate surface area is 215 Å². The van der Waals surface area contributed by atoms with Gasteiger partial charge in [0, 0.05) is 20.1 Å². The molecule has 0 unspecified atom stereocenters. The van der Waals surface area contributed by atoms with E-state index in [1.807, 2.05) is 54.6 Å². The summed E-state index contributed by atoms with van der Waals surface area (Å²) < 4.78 is 9.15. The van der Waals surface area contributed by atoms with E-state index < -0.39 is 0 Å². The molecule has 3 aromatic rings. The molecule has 8 heteroatoms. The Balaban J connectivity index is 1.62. The molecule has 0 aromatic heterocycles. The molecule has 0 bridgehead atoms. The maximum atomic E-state index is 6.17. The number of halogens is 5. The van der Waals surface area contributed by atoms with Crippen LogP contribution in [0, 0.1) is 7.14 Å². The van der Waals surface area contributed by atoms with E-state index in [0.29, 0.717) is 23.2 Å². The van der Waals surface area contributed by atoms with Crippen LogP contribution in [-0.4, -0.2) is 6.21 Å². The summed E-state index contributed by atoms with van der Waals surface area (Å²) in [5.74, 6) is 0.877. The van der Waals surface area contributed by atoms with E-state index in [-0.39, 0.29) is 0 Å². The predicted octanol–water partition coefficient (Wildman–Crippen LogP) is 7.67. The zero-order valence-corrected chi connectivity index (χ0v) is 22.3. The lowest BCUT2D eigenvalue weighted by Gasteiger charge is -2.11. The van der Waals surface area contributed by atoms with Crippen molar-refractivity contribution in [1.82, 2.24) is 5.43 Å². The van der Waals surface area contributed by atoms with Gasteiger partial charge in [0.25, 0.3) is 0 Å². The summed E-state index contributed by atoms with van der Waals surface area (Å²) in [5, 5.41) is 5.53. The minimum absolute atomic E-state index is 0.456. The second-order valence-corrected chi connectivity index (χ2v) is 10.1. The van der Waals surface area contributed by atoms with E-state index in [1.165, 1.54) is 0 Å². The largest absolute Gasteiger partial charge is 0.487 e. The molecule has 0 amide bonds. The number of hydrogen-bond acceptors (Lipinski definition) is 3. The first kappa shape index (κ1) is 23.1. The third-order valence-corrected chi connectivity index (χ3v) is 6.78. The Bertz CT molecular complexity index is 986. The Morgan fingerprint density at radius 3 is 2.24 bits per heavy atom. The molecule has 0 atom stereocenters. The Kier molecular flexibility index (Phi) is 8.91. The van der Waals surface area contributed by atoms with Crippen molar-refractivity contribution in [2.45, 2.75) is 13.2 Å². The van der Waals surface area contributed by atoms with Gasteiger partial charge in [-0.3, -0.25) is 0 Å². The first-order valence-electron chi connectivity index (χ1n) is 8.49. The zero-order valence-electron chi connectivity index (χ0n) is 14.9. The van der Waals surface area contributed by atoms with Crippen LogP contribution in [0.25, 0.3) is 0 Å². The van der Waals surface area contributed by atoms with E-state index in [4.69, 9.17) is 27.9 Å². The van der Waals surface area contributed by atoms with E-state index in [1.54, 1.807) is 6.21 Å². The molecule has 0 saturated heterocycles. The van der Waals surface area contributed by atoms with Gasteiger partial charge in [-0.2, -0.15) is 5.10 Å². The van der Waals surface area contributed by atoms with Crippen LogP contribution in [0.4, 0.5) is 0 Å². The van der Waals surface area contributed by atoms with Gasteiger partial charge in [0.2, 0.25) is 0 Å². The van der Waals surface area contributed by atoms with Gasteiger partial charge in [-0.05, 0) is 92.7 Å². The number of ether oxygens (including phenoxy) is 1. The molecule has 3 aromatic carbocycles. The molecule has 0 radical (unpaired) electrons.